The summed E-state index contributed by atoms with van der Waals surface area (Å²) in [5, 5.41) is 13.0. The third kappa shape index (κ3) is 2.58. The summed E-state index contributed by atoms with van der Waals surface area (Å²) >= 11 is 0. The molecule has 0 fully saturated rings. The maximum absolute atomic E-state index is 10.7. The van der Waals surface area contributed by atoms with Crippen LogP contribution in [-0.2, 0) is 11.3 Å². The minimum absolute atomic E-state index is 0.517. The third-order valence-corrected chi connectivity index (χ3v) is 2.03. The van der Waals surface area contributed by atoms with Crippen LogP contribution in [0.3, 0.4) is 0 Å². The molecule has 0 saturated heterocycles. The van der Waals surface area contributed by atoms with E-state index < -0.39 is 11.9 Å². The van der Waals surface area contributed by atoms with Crippen molar-refractivity contribution in [3.8, 4) is 0 Å². The quantitative estimate of drug-likeness (QED) is 0.797. The highest BCUT2D eigenvalue weighted by atomic mass is 16.4. The van der Waals surface area contributed by atoms with Gasteiger partial charge in [0, 0.05) is 12.7 Å². The fourth-order valence-corrected chi connectivity index (χ4v) is 1.21. The van der Waals surface area contributed by atoms with Crippen molar-refractivity contribution in [2.45, 2.75) is 33.2 Å². The van der Waals surface area contributed by atoms with Crippen LogP contribution >= 0.6 is 0 Å². The van der Waals surface area contributed by atoms with Crippen LogP contribution in [0, 0.1) is 5.92 Å². The predicted molar refractivity (Wildman–Crippen MR) is 53.1 cm³/mol. The molecule has 0 aliphatic carbocycles. The van der Waals surface area contributed by atoms with Gasteiger partial charge in [-0.2, -0.15) is 5.10 Å². The van der Waals surface area contributed by atoms with Crippen molar-refractivity contribution in [2.75, 3.05) is 0 Å². The van der Waals surface area contributed by atoms with Crippen molar-refractivity contribution in [1.29, 1.82) is 0 Å². The first-order valence-electron chi connectivity index (χ1n) is 4.77. The summed E-state index contributed by atoms with van der Waals surface area (Å²) in [5.74, 6) is -0.842. The normalized spacial score (nSPS) is 13.1. The Labute approximate surface area is 83.5 Å². The van der Waals surface area contributed by atoms with Crippen molar-refractivity contribution in [3.63, 3.8) is 0 Å². The van der Waals surface area contributed by atoms with Crippen LogP contribution in [0.5, 0.6) is 0 Å². The molecule has 0 aliphatic rings. The summed E-state index contributed by atoms with van der Waals surface area (Å²) in [6.45, 7) is 6.67. The third-order valence-electron chi connectivity index (χ3n) is 2.03. The Bertz CT molecular complexity index is 318. The molecule has 1 atom stereocenters. The number of aliphatic carboxylic acids is 1. The lowest BCUT2D eigenvalue weighted by Crippen LogP contribution is -2.10. The molecular weight excluding hydrogens is 180 g/mol. The predicted octanol–water partition coefficient (Wildman–Crippen LogP) is 1.73. The van der Waals surface area contributed by atoms with E-state index in [-0.39, 0.29) is 0 Å². The summed E-state index contributed by atoms with van der Waals surface area (Å²) in [6.07, 6.45) is 1.83. The molecule has 1 unspecified atom stereocenters. The standard InChI is InChI=1S/C10H16N2O2/c1-7(2)6-12-5-4-9(11-12)8(3)10(13)14/h4-5,7-8H,6H2,1-3H3,(H,13,14). The molecule has 14 heavy (non-hydrogen) atoms. The molecule has 4 heteroatoms. The molecule has 1 aromatic rings. The molecule has 1 aromatic heterocycles. The molecule has 0 aliphatic heterocycles. The number of aromatic nitrogens is 2. The number of hydrogen-bond acceptors (Lipinski definition) is 2. The average Bonchev–Trinajstić information content (AvgIpc) is 2.50. The van der Waals surface area contributed by atoms with Crippen molar-refractivity contribution in [2.24, 2.45) is 5.92 Å². The molecule has 4 nitrogen and oxygen atoms in total. The second kappa shape index (κ2) is 4.26. The monoisotopic (exact) mass is 196 g/mol. The second-order valence-electron chi connectivity index (χ2n) is 3.92. The van der Waals surface area contributed by atoms with Gasteiger partial charge in [-0.05, 0) is 18.9 Å². The Hall–Kier alpha value is -1.32. The van der Waals surface area contributed by atoms with Gasteiger partial charge in [-0.15, -0.1) is 0 Å². The van der Waals surface area contributed by atoms with Gasteiger partial charge < -0.3 is 5.11 Å². The minimum Gasteiger partial charge on any atom is -0.481 e. The Kier molecular flexibility index (Phi) is 3.28. The van der Waals surface area contributed by atoms with E-state index in [1.165, 1.54) is 0 Å². The largest absolute Gasteiger partial charge is 0.481 e. The topological polar surface area (TPSA) is 55.1 Å². The number of carbonyl (C=O) groups is 1. The number of rotatable bonds is 4. The van der Waals surface area contributed by atoms with Gasteiger partial charge in [0.05, 0.1) is 11.6 Å². The number of hydrogen-bond donors (Lipinski definition) is 1. The Balaban J connectivity index is 2.72. The lowest BCUT2D eigenvalue weighted by molar-refractivity contribution is -0.138. The zero-order chi connectivity index (χ0) is 10.7. The SMILES string of the molecule is CC(C)Cn1ccc(C(C)C(=O)O)n1. The molecular formula is C10H16N2O2. The Morgan fingerprint density at radius 3 is 2.71 bits per heavy atom. The fraction of sp³-hybridized carbons (Fsp3) is 0.600. The second-order valence-corrected chi connectivity index (χ2v) is 3.92. The molecule has 1 heterocycles. The van der Waals surface area contributed by atoms with Crippen LogP contribution in [0.1, 0.15) is 32.4 Å². The summed E-state index contributed by atoms with van der Waals surface area (Å²) in [6, 6.07) is 1.77. The van der Waals surface area contributed by atoms with E-state index in [1.54, 1.807) is 17.7 Å². The molecule has 0 amide bonds. The fourth-order valence-electron chi connectivity index (χ4n) is 1.21. The van der Waals surface area contributed by atoms with Crippen LogP contribution in [0.15, 0.2) is 12.3 Å². The maximum atomic E-state index is 10.7. The molecule has 1 rings (SSSR count). The van der Waals surface area contributed by atoms with Crippen LogP contribution < -0.4 is 0 Å². The lowest BCUT2D eigenvalue weighted by Gasteiger charge is -2.05. The van der Waals surface area contributed by atoms with Gasteiger partial charge in [0.1, 0.15) is 0 Å². The van der Waals surface area contributed by atoms with Gasteiger partial charge in [0.2, 0.25) is 0 Å². The number of carboxylic acid groups (broad SMARTS) is 1. The smallest absolute Gasteiger partial charge is 0.312 e. The van der Waals surface area contributed by atoms with E-state index in [1.807, 2.05) is 6.20 Å². The summed E-state index contributed by atoms with van der Waals surface area (Å²) < 4.78 is 1.79. The summed E-state index contributed by atoms with van der Waals surface area (Å²) in [4.78, 5) is 10.7. The van der Waals surface area contributed by atoms with E-state index in [4.69, 9.17) is 5.11 Å². The zero-order valence-corrected chi connectivity index (χ0v) is 8.77. The first kappa shape index (κ1) is 10.8. The summed E-state index contributed by atoms with van der Waals surface area (Å²) in [7, 11) is 0. The summed E-state index contributed by atoms with van der Waals surface area (Å²) in [5.41, 5.74) is 0.623. The van der Waals surface area contributed by atoms with Gasteiger partial charge in [-0.25, -0.2) is 0 Å². The van der Waals surface area contributed by atoms with Crippen molar-refractivity contribution in [1.82, 2.24) is 9.78 Å². The molecule has 0 spiro atoms. The number of nitrogens with zero attached hydrogens (tertiary/aromatic N) is 2. The minimum atomic E-state index is -0.834. The highest BCUT2D eigenvalue weighted by Gasteiger charge is 2.16. The maximum Gasteiger partial charge on any atom is 0.312 e. The molecule has 0 bridgehead atoms. The zero-order valence-electron chi connectivity index (χ0n) is 8.77. The van der Waals surface area contributed by atoms with Gasteiger partial charge in [-0.1, -0.05) is 13.8 Å². The Morgan fingerprint density at radius 2 is 2.21 bits per heavy atom. The average molecular weight is 196 g/mol. The van der Waals surface area contributed by atoms with Crippen LogP contribution in [0.4, 0.5) is 0 Å². The Morgan fingerprint density at radius 1 is 1.57 bits per heavy atom. The molecule has 1 N–H and O–H groups in total. The van der Waals surface area contributed by atoms with E-state index >= 15 is 0 Å². The molecule has 78 valence electrons. The van der Waals surface area contributed by atoms with Crippen molar-refractivity contribution in [3.05, 3.63) is 18.0 Å². The molecule has 0 radical (unpaired) electrons. The molecule has 0 aromatic carbocycles. The first-order valence-corrected chi connectivity index (χ1v) is 4.77. The van der Waals surface area contributed by atoms with Crippen LogP contribution in [-0.4, -0.2) is 20.9 Å². The van der Waals surface area contributed by atoms with Crippen molar-refractivity contribution < 1.29 is 9.90 Å². The van der Waals surface area contributed by atoms with E-state index in [2.05, 4.69) is 18.9 Å². The lowest BCUT2D eigenvalue weighted by atomic mass is 10.1. The van der Waals surface area contributed by atoms with E-state index in [0.29, 0.717) is 11.6 Å². The van der Waals surface area contributed by atoms with Gasteiger partial charge in [0.15, 0.2) is 0 Å². The highest BCUT2D eigenvalue weighted by Crippen LogP contribution is 2.12. The van der Waals surface area contributed by atoms with Crippen LogP contribution in [0.2, 0.25) is 0 Å². The highest BCUT2D eigenvalue weighted by molar-refractivity contribution is 5.74. The first-order chi connectivity index (χ1) is 6.50. The van der Waals surface area contributed by atoms with Crippen molar-refractivity contribution >= 4 is 5.97 Å². The molecule has 0 saturated carbocycles. The van der Waals surface area contributed by atoms with E-state index in [0.717, 1.165) is 6.54 Å². The van der Waals surface area contributed by atoms with Gasteiger partial charge in [0.25, 0.3) is 0 Å². The van der Waals surface area contributed by atoms with Gasteiger partial charge >= 0.3 is 5.97 Å². The van der Waals surface area contributed by atoms with Crippen LogP contribution in [0.25, 0.3) is 0 Å². The number of carboxylic acids is 1. The van der Waals surface area contributed by atoms with E-state index in [9.17, 15) is 4.79 Å². The van der Waals surface area contributed by atoms with Gasteiger partial charge in [-0.3, -0.25) is 9.48 Å².